The lowest BCUT2D eigenvalue weighted by Crippen LogP contribution is -2.46. The predicted molar refractivity (Wildman–Crippen MR) is 118 cm³/mol. The number of carbonyl (C=O) groups excluding carboxylic acids is 2. The van der Waals surface area contributed by atoms with Gasteiger partial charge >= 0.3 is 0 Å². The van der Waals surface area contributed by atoms with E-state index in [2.05, 4.69) is 5.32 Å². The van der Waals surface area contributed by atoms with Crippen LogP contribution in [0.1, 0.15) is 30.4 Å². The Morgan fingerprint density at radius 3 is 2.07 bits per heavy atom. The van der Waals surface area contributed by atoms with Gasteiger partial charge in [0.15, 0.2) is 0 Å². The van der Waals surface area contributed by atoms with E-state index in [9.17, 15) is 9.59 Å². The van der Waals surface area contributed by atoms with Gasteiger partial charge in [0.05, 0.1) is 12.2 Å². The van der Waals surface area contributed by atoms with Crippen molar-refractivity contribution in [2.75, 3.05) is 13.6 Å². The van der Waals surface area contributed by atoms with Gasteiger partial charge in [-0.2, -0.15) is 0 Å². The fourth-order valence-corrected chi connectivity index (χ4v) is 3.97. The molecule has 0 saturated carbocycles. The minimum atomic E-state index is -0.346. The summed E-state index contributed by atoms with van der Waals surface area (Å²) in [6.45, 7) is 5.73. The second kappa shape index (κ2) is 8.57. The molecule has 6 heteroatoms. The average molecular weight is 408 g/mol. The van der Waals surface area contributed by atoms with E-state index in [1.54, 1.807) is 7.05 Å². The first kappa shape index (κ1) is 20.7. The van der Waals surface area contributed by atoms with Gasteiger partial charge in [-0.25, -0.2) is 4.98 Å². The van der Waals surface area contributed by atoms with Crippen molar-refractivity contribution < 1.29 is 9.59 Å². The van der Waals surface area contributed by atoms with E-state index in [1.807, 2.05) is 81.4 Å². The Balaban J connectivity index is 1.93. The number of nitrogens with one attached hydrogen (secondary N) is 1. The van der Waals surface area contributed by atoms with Gasteiger partial charge in [-0.05, 0) is 20.8 Å². The summed E-state index contributed by atoms with van der Waals surface area (Å²) in [7, 11) is 1.64. The van der Waals surface area contributed by atoms with Gasteiger partial charge in [0.1, 0.15) is 9.88 Å². The molecule has 0 aliphatic carbocycles. The molecule has 0 aliphatic heterocycles. The first-order chi connectivity index (χ1) is 13.7. The highest BCUT2D eigenvalue weighted by molar-refractivity contribution is 7.17. The molecule has 150 valence electrons. The quantitative estimate of drug-likeness (QED) is 0.679. The number of thiazole rings is 1. The number of benzene rings is 2. The summed E-state index contributed by atoms with van der Waals surface area (Å²) in [5.41, 5.74) is 2.13. The molecule has 0 spiro atoms. The van der Waals surface area contributed by atoms with Crippen LogP contribution in [0.5, 0.6) is 0 Å². The molecule has 1 heterocycles. The van der Waals surface area contributed by atoms with Gasteiger partial charge in [-0.1, -0.05) is 60.7 Å². The van der Waals surface area contributed by atoms with Crippen LogP contribution in [0, 0.1) is 0 Å². The fraction of sp³-hybridized carbons (Fsp3) is 0.261. The van der Waals surface area contributed by atoms with Crippen molar-refractivity contribution in [2.24, 2.45) is 0 Å². The van der Waals surface area contributed by atoms with E-state index in [0.717, 1.165) is 16.1 Å². The second-order valence-corrected chi connectivity index (χ2v) is 8.89. The van der Waals surface area contributed by atoms with E-state index in [1.165, 1.54) is 16.2 Å². The van der Waals surface area contributed by atoms with Crippen molar-refractivity contribution in [3.05, 3.63) is 65.5 Å². The Labute approximate surface area is 175 Å². The number of nitrogens with zero attached hydrogens (tertiary/aromatic N) is 2. The summed E-state index contributed by atoms with van der Waals surface area (Å²) in [6.07, 6.45) is 0. The first-order valence-corrected chi connectivity index (χ1v) is 10.2. The maximum absolute atomic E-state index is 13.2. The van der Waals surface area contributed by atoms with Crippen molar-refractivity contribution in [3.8, 4) is 21.8 Å². The number of hydrogen-bond acceptors (Lipinski definition) is 4. The summed E-state index contributed by atoms with van der Waals surface area (Å²) in [5.74, 6) is -0.407. The van der Waals surface area contributed by atoms with E-state index in [0.29, 0.717) is 10.6 Å². The Bertz CT molecular complexity index is 992. The number of rotatable bonds is 5. The van der Waals surface area contributed by atoms with Crippen LogP contribution in [0.25, 0.3) is 21.8 Å². The zero-order valence-corrected chi connectivity index (χ0v) is 17.9. The summed E-state index contributed by atoms with van der Waals surface area (Å²) >= 11 is 1.35. The van der Waals surface area contributed by atoms with Crippen LogP contribution in [0.15, 0.2) is 60.7 Å². The summed E-state index contributed by atoms with van der Waals surface area (Å²) < 4.78 is 0. The van der Waals surface area contributed by atoms with Crippen LogP contribution in [0.2, 0.25) is 0 Å². The lowest BCUT2D eigenvalue weighted by atomic mass is 10.1. The number of hydrogen-bond donors (Lipinski definition) is 1. The molecule has 2 aromatic carbocycles. The van der Waals surface area contributed by atoms with Gasteiger partial charge < -0.3 is 10.2 Å². The highest BCUT2D eigenvalue weighted by Gasteiger charge is 2.25. The van der Waals surface area contributed by atoms with Crippen molar-refractivity contribution in [3.63, 3.8) is 0 Å². The third-order valence-electron chi connectivity index (χ3n) is 4.13. The molecule has 0 radical (unpaired) electrons. The standard InChI is InChI=1S/C23H25N3O2S/c1-23(2,3)25-18(27)15-26(4)22(28)20-19(16-11-7-5-8-12-16)24-21(29-20)17-13-9-6-10-14-17/h5-14H,15H2,1-4H3,(H,25,27). The lowest BCUT2D eigenvalue weighted by Gasteiger charge is -2.23. The van der Waals surface area contributed by atoms with Crippen LogP contribution in [0.4, 0.5) is 0 Å². The van der Waals surface area contributed by atoms with Crippen LogP contribution >= 0.6 is 11.3 Å². The Kier molecular flexibility index (Phi) is 6.13. The second-order valence-electron chi connectivity index (χ2n) is 7.89. The van der Waals surface area contributed by atoms with Crippen molar-refractivity contribution in [1.82, 2.24) is 15.2 Å². The summed E-state index contributed by atoms with van der Waals surface area (Å²) in [4.78, 5) is 32.2. The number of carbonyl (C=O) groups is 2. The maximum atomic E-state index is 13.2. The Morgan fingerprint density at radius 2 is 1.52 bits per heavy atom. The molecule has 29 heavy (non-hydrogen) atoms. The van der Waals surface area contributed by atoms with Crippen LogP contribution in [0.3, 0.4) is 0 Å². The molecule has 0 aliphatic rings. The number of aromatic nitrogens is 1. The molecule has 2 amide bonds. The van der Waals surface area contributed by atoms with Crippen LogP contribution in [-0.4, -0.2) is 40.8 Å². The van der Waals surface area contributed by atoms with E-state index < -0.39 is 0 Å². The van der Waals surface area contributed by atoms with Crippen molar-refractivity contribution in [1.29, 1.82) is 0 Å². The molecule has 1 aromatic heterocycles. The molecule has 0 saturated heterocycles. The third kappa shape index (κ3) is 5.29. The molecule has 0 unspecified atom stereocenters. The van der Waals surface area contributed by atoms with Crippen molar-refractivity contribution in [2.45, 2.75) is 26.3 Å². The predicted octanol–water partition coefficient (Wildman–Crippen LogP) is 4.46. The minimum absolute atomic E-state index is 0.0110. The topological polar surface area (TPSA) is 62.3 Å². The SMILES string of the molecule is CN(CC(=O)NC(C)(C)C)C(=O)c1sc(-c2ccccc2)nc1-c1ccccc1. The number of likely N-dealkylation sites (N-methyl/N-ethyl adjacent to an activating group) is 1. The molecular weight excluding hydrogens is 382 g/mol. The summed E-state index contributed by atoms with van der Waals surface area (Å²) in [5, 5.41) is 3.67. The average Bonchev–Trinajstić information content (AvgIpc) is 3.12. The third-order valence-corrected chi connectivity index (χ3v) is 5.22. The molecule has 0 fully saturated rings. The van der Waals surface area contributed by atoms with Crippen molar-refractivity contribution >= 4 is 23.2 Å². The molecule has 5 nitrogen and oxygen atoms in total. The normalized spacial score (nSPS) is 11.2. The van der Waals surface area contributed by atoms with Gasteiger partial charge in [-0.3, -0.25) is 9.59 Å². The highest BCUT2D eigenvalue weighted by atomic mass is 32.1. The van der Waals surface area contributed by atoms with Crippen LogP contribution < -0.4 is 5.32 Å². The monoisotopic (exact) mass is 407 g/mol. The zero-order chi connectivity index (χ0) is 21.0. The lowest BCUT2D eigenvalue weighted by molar-refractivity contribution is -0.122. The fourth-order valence-electron chi connectivity index (χ4n) is 2.88. The zero-order valence-electron chi connectivity index (χ0n) is 17.1. The smallest absolute Gasteiger partial charge is 0.266 e. The molecule has 0 bridgehead atoms. The summed E-state index contributed by atoms with van der Waals surface area (Å²) in [6, 6.07) is 19.4. The van der Waals surface area contributed by atoms with Gasteiger partial charge in [0.2, 0.25) is 5.91 Å². The Morgan fingerprint density at radius 1 is 0.966 bits per heavy atom. The molecule has 3 rings (SSSR count). The van der Waals surface area contributed by atoms with Gasteiger partial charge in [-0.15, -0.1) is 11.3 Å². The molecular formula is C23H25N3O2S. The Hall–Kier alpha value is -2.99. The number of amides is 2. The highest BCUT2D eigenvalue weighted by Crippen LogP contribution is 2.34. The molecule has 1 N–H and O–H groups in total. The van der Waals surface area contributed by atoms with E-state index >= 15 is 0 Å². The van der Waals surface area contributed by atoms with E-state index in [-0.39, 0.29) is 23.9 Å². The van der Waals surface area contributed by atoms with Crippen LogP contribution in [-0.2, 0) is 4.79 Å². The molecule has 3 aromatic rings. The maximum Gasteiger partial charge on any atom is 0.266 e. The van der Waals surface area contributed by atoms with E-state index in [4.69, 9.17) is 4.98 Å². The first-order valence-electron chi connectivity index (χ1n) is 9.43. The largest absolute Gasteiger partial charge is 0.350 e. The van der Waals surface area contributed by atoms with Gasteiger partial charge in [0, 0.05) is 23.7 Å². The molecule has 0 atom stereocenters. The van der Waals surface area contributed by atoms with Gasteiger partial charge in [0.25, 0.3) is 5.91 Å². The minimum Gasteiger partial charge on any atom is -0.350 e.